The summed E-state index contributed by atoms with van der Waals surface area (Å²) in [5, 5.41) is 3.93. The highest BCUT2D eigenvalue weighted by molar-refractivity contribution is 6.35. The zero-order chi connectivity index (χ0) is 22.3. The summed E-state index contributed by atoms with van der Waals surface area (Å²) in [4.78, 5) is 27.4. The first-order valence-electron chi connectivity index (χ1n) is 10.2. The van der Waals surface area contributed by atoms with Crippen molar-refractivity contribution in [2.24, 2.45) is 5.92 Å². The highest BCUT2D eigenvalue weighted by atomic mass is 35.5. The van der Waals surface area contributed by atoms with Crippen LogP contribution < -0.4 is 5.32 Å². The number of halogens is 2. The molecule has 2 aromatic carbocycles. The van der Waals surface area contributed by atoms with Crippen molar-refractivity contribution in [2.45, 2.75) is 53.1 Å². The van der Waals surface area contributed by atoms with Crippen LogP contribution in [0.4, 0.5) is 0 Å². The fourth-order valence-corrected chi connectivity index (χ4v) is 3.49. The largest absolute Gasteiger partial charge is 0.354 e. The average Bonchev–Trinajstić information content (AvgIpc) is 2.70. The molecule has 0 bridgehead atoms. The van der Waals surface area contributed by atoms with E-state index in [2.05, 4.69) is 5.32 Å². The van der Waals surface area contributed by atoms with Gasteiger partial charge in [0.1, 0.15) is 6.04 Å². The van der Waals surface area contributed by atoms with Crippen LogP contribution in [0.5, 0.6) is 0 Å². The molecule has 2 amide bonds. The molecule has 0 heterocycles. The lowest BCUT2D eigenvalue weighted by Gasteiger charge is -2.29. The molecule has 4 nitrogen and oxygen atoms in total. The second kappa shape index (κ2) is 11.4. The topological polar surface area (TPSA) is 49.4 Å². The van der Waals surface area contributed by atoms with Crippen molar-refractivity contribution in [3.05, 3.63) is 69.2 Å². The summed E-state index contributed by atoms with van der Waals surface area (Å²) in [5.74, 6) is 0.0730. The van der Waals surface area contributed by atoms with Crippen molar-refractivity contribution in [1.29, 1.82) is 0 Å². The molecule has 0 aliphatic rings. The van der Waals surface area contributed by atoms with Crippen LogP contribution in [0.1, 0.15) is 43.9 Å². The van der Waals surface area contributed by atoms with Crippen LogP contribution in [-0.4, -0.2) is 29.3 Å². The number of rotatable bonds is 9. The van der Waals surface area contributed by atoms with E-state index in [4.69, 9.17) is 23.2 Å². The third kappa shape index (κ3) is 7.33. The first-order chi connectivity index (χ1) is 14.2. The van der Waals surface area contributed by atoms with Gasteiger partial charge in [-0.1, -0.05) is 72.9 Å². The van der Waals surface area contributed by atoms with Gasteiger partial charge in [-0.25, -0.2) is 0 Å². The molecule has 0 saturated carbocycles. The van der Waals surface area contributed by atoms with E-state index in [0.717, 1.165) is 11.1 Å². The van der Waals surface area contributed by atoms with Crippen molar-refractivity contribution in [3.8, 4) is 0 Å². The molecule has 0 radical (unpaired) electrons. The molecule has 0 aromatic heterocycles. The molecule has 0 aliphatic carbocycles. The molecule has 2 rings (SSSR count). The Morgan fingerprint density at radius 2 is 1.70 bits per heavy atom. The maximum Gasteiger partial charge on any atom is 0.242 e. The minimum atomic E-state index is -0.610. The predicted octanol–water partition coefficient (Wildman–Crippen LogP) is 5.42. The molecule has 0 aliphatic heterocycles. The van der Waals surface area contributed by atoms with Crippen LogP contribution in [0.3, 0.4) is 0 Å². The van der Waals surface area contributed by atoms with Crippen LogP contribution in [0.2, 0.25) is 10.0 Å². The van der Waals surface area contributed by atoms with Crippen LogP contribution >= 0.6 is 23.2 Å². The van der Waals surface area contributed by atoms with Gasteiger partial charge in [-0.15, -0.1) is 0 Å². The van der Waals surface area contributed by atoms with E-state index in [1.807, 2.05) is 45.0 Å². The Morgan fingerprint density at radius 1 is 1.03 bits per heavy atom. The first-order valence-corrected chi connectivity index (χ1v) is 11.0. The molecular formula is C24H30Cl2N2O2. The lowest BCUT2D eigenvalue weighted by Crippen LogP contribution is -2.48. The quantitative estimate of drug-likeness (QED) is 0.556. The van der Waals surface area contributed by atoms with Gasteiger partial charge in [-0.2, -0.15) is 0 Å². The average molecular weight is 449 g/mol. The molecule has 0 saturated heterocycles. The zero-order valence-corrected chi connectivity index (χ0v) is 19.6. The minimum absolute atomic E-state index is 0.0891. The second-order valence-electron chi connectivity index (χ2n) is 8.06. The van der Waals surface area contributed by atoms with Gasteiger partial charge in [0.05, 0.1) is 0 Å². The molecule has 6 heteroatoms. The van der Waals surface area contributed by atoms with Gasteiger partial charge in [0.15, 0.2) is 0 Å². The number of amides is 2. The maximum atomic E-state index is 13.1. The first kappa shape index (κ1) is 24.2. The molecule has 1 atom stereocenters. The molecule has 30 heavy (non-hydrogen) atoms. The molecule has 0 spiro atoms. The monoisotopic (exact) mass is 448 g/mol. The number of carbonyl (C=O) groups excluding carboxylic acids is 2. The number of hydrogen-bond acceptors (Lipinski definition) is 2. The van der Waals surface area contributed by atoms with Gasteiger partial charge < -0.3 is 10.2 Å². The Balaban J connectivity index is 2.16. The maximum absolute atomic E-state index is 13.1. The number of benzene rings is 2. The normalized spacial score (nSPS) is 12.0. The Hall–Kier alpha value is -2.04. The minimum Gasteiger partial charge on any atom is -0.354 e. The molecule has 162 valence electrons. The fourth-order valence-electron chi connectivity index (χ4n) is 3.02. The standard InChI is InChI=1S/C24H30Cl2N2O2/c1-16(2)14-27-24(30)18(4)28(15-20-10-11-21(25)13-22(20)26)23(29)12-9-19-7-5-17(3)6-8-19/h5-8,10-11,13,16,18H,9,12,14-15H2,1-4H3,(H,27,30)/t18-/m1/s1. The lowest BCUT2D eigenvalue weighted by molar-refractivity contribution is -0.140. The van der Waals surface area contributed by atoms with Crippen molar-refractivity contribution >= 4 is 35.0 Å². The van der Waals surface area contributed by atoms with Crippen LogP contribution in [0, 0.1) is 12.8 Å². The Labute approximate surface area is 189 Å². The Kier molecular flexibility index (Phi) is 9.19. The number of hydrogen-bond donors (Lipinski definition) is 1. The summed E-state index contributed by atoms with van der Waals surface area (Å²) in [6.07, 6.45) is 0.931. The van der Waals surface area contributed by atoms with E-state index in [1.54, 1.807) is 30.0 Å². The van der Waals surface area contributed by atoms with Crippen LogP contribution in [-0.2, 0) is 22.6 Å². The van der Waals surface area contributed by atoms with E-state index in [0.29, 0.717) is 35.3 Å². The summed E-state index contributed by atoms with van der Waals surface area (Å²) in [6, 6.07) is 12.7. The third-order valence-electron chi connectivity index (χ3n) is 4.96. The Bertz CT molecular complexity index is 866. The molecule has 0 unspecified atom stereocenters. The van der Waals surface area contributed by atoms with Crippen LogP contribution in [0.25, 0.3) is 0 Å². The SMILES string of the molecule is Cc1ccc(CCC(=O)N(Cc2ccc(Cl)cc2Cl)[C@H](C)C(=O)NCC(C)C)cc1. The van der Waals surface area contributed by atoms with E-state index in [1.165, 1.54) is 5.56 Å². The summed E-state index contributed by atoms with van der Waals surface area (Å²) in [7, 11) is 0. The van der Waals surface area contributed by atoms with E-state index < -0.39 is 6.04 Å². The Morgan fingerprint density at radius 3 is 2.30 bits per heavy atom. The van der Waals surface area contributed by atoms with Gasteiger partial charge in [0, 0.05) is 29.6 Å². The molecule has 2 aromatic rings. The predicted molar refractivity (Wildman–Crippen MR) is 124 cm³/mol. The number of carbonyl (C=O) groups is 2. The fraction of sp³-hybridized carbons (Fsp3) is 0.417. The van der Waals surface area contributed by atoms with E-state index in [9.17, 15) is 9.59 Å². The number of nitrogens with zero attached hydrogens (tertiary/aromatic N) is 1. The van der Waals surface area contributed by atoms with E-state index >= 15 is 0 Å². The van der Waals surface area contributed by atoms with Crippen molar-refractivity contribution in [1.82, 2.24) is 10.2 Å². The summed E-state index contributed by atoms with van der Waals surface area (Å²) >= 11 is 12.3. The van der Waals surface area contributed by atoms with Gasteiger partial charge in [-0.05, 0) is 49.4 Å². The second-order valence-corrected chi connectivity index (χ2v) is 8.90. The van der Waals surface area contributed by atoms with Crippen molar-refractivity contribution in [3.63, 3.8) is 0 Å². The van der Waals surface area contributed by atoms with Crippen molar-refractivity contribution in [2.75, 3.05) is 6.54 Å². The van der Waals surface area contributed by atoms with Gasteiger partial charge >= 0.3 is 0 Å². The highest BCUT2D eigenvalue weighted by Gasteiger charge is 2.26. The number of nitrogens with one attached hydrogen (secondary N) is 1. The molecule has 1 N–H and O–H groups in total. The highest BCUT2D eigenvalue weighted by Crippen LogP contribution is 2.23. The molecule has 0 fully saturated rings. The van der Waals surface area contributed by atoms with Crippen molar-refractivity contribution < 1.29 is 9.59 Å². The van der Waals surface area contributed by atoms with Gasteiger partial charge in [0.2, 0.25) is 11.8 Å². The van der Waals surface area contributed by atoms with E-state index in [-0.39, 0.29) is 18.4 Å². The summed E-state index contributed by atoms with van der Waals surface area (Å²) in [5.41, 5.74) is 3.03. The smallest absolute Gasteiger partial charge is 0.242 e. The van der Waals surface area contributed by atoms with Gasteiger partial charge in [-0.3, -0.25) is 9.59 Å². The lowest BCUT2D eigenvalue weighted by atomic mass is 10.1. The number of aryl methyl sites for hydroxylation is 2. The summed E-state index contributed by atoms with van der Waals surface area (Å²) < 4.78 is 0. The van der Waals surface area contributed by atoms with Crippen LogP contribution in [0.15, 0.2) is 42.5 Å². The molecular weight excluding hydrogens is 419 g/mol. The van der Waals surface area contributed by atoms with Gasteiger partial charge in [0.25, 0.3) is 0 Å². The third-order valence-corrected chi connectivity index (χ3v) is 5.54. The summed E-state index contributed by atoms with van der Waals surface area (Å²) in [6.45, 7) is 8.66. The zero-order valence-electron chi connectivity index (χ0n) is 18.0.